The lowest BCUT2D eigenvalue weighted by Gasteiger charge is -2.24. The van der Waals surface area contributed by atoms with Gasteiger partial charge in [-0.25, -0.2) is 0 Å². The molecule has 27 heavy (non-hydrogen) atoms. The van der Waals surface area contributed by atoms with Crippen molar-refractivity contribution in [2.24, 2.45) is 0 Å². The molecule has 1 aliphatic carbocycles. The van der Waals surface area contributed by atoms with Crippen LogP contribution in [-0.2, 0) is 6.42 Å². The maximum absolute atomic E-state index is 10.8. The zero-order valence-electron chi connectivity index (χ0n) is 14.9. The molecule has 0 unspecified atom stereocenters. The van der Waals surface area contributed by atoms with Crippen LogP contribution in [0.4, 0.5) is 0 Å². The Morgan fingerprint density at radius 3 is 2.19 bits per heavy atom. The molecule has 140 valence electrons. The standard InChI is InChI=1S/C20H18O7/c1-22-19-15-10(6-13-17(19)26-8-24-13)4-3-5-12(21)11-7-14-18(27-9-25-14)20(23-2)16(11)15/h3,5-7,12,21H,4,8-9H2,1-2H3/b5-3-/t12-/m0/s1. The Labute approximate surface area is 155 Å². The van der Waals surface area contributed by atoms with Crippen molar-refractivity contribution in [1.29, 1.82) is 0 Å². The predicted octanol–water partition coefficient (Wildman–Crippen LogP) is 2.97. The maximum Gasteiger partial charge on any atom is 0.231 e. The fourth-order valence-corrected chi connectivity index (χ4v) is 3.84. The summed E-state index contributed by atoms with van der Waals surface area (Å²) >= 11 is 0. The van der Waals surface area contributed by atoms with Crippen LogP contribution in [0.3, 0.4) is 0 Å². The van der Waals surface area contributed by atoms with Gasteiger partial charge in [0.05, 0.1) is 20.3 Å². The van der Waals surface area contributed by atoms with Gasteiger partial charge in [-0.15, -0.1) is 0 Å². The summed E-state index contributed by atoms with van der Waals surface area (Å²) in [4.78, 5) is 0. The second-order valence-corrected chi connectivity index (χ2v) is 6.36. The van der Waals surface area contributed by atoms with Gasteiger partial charge in [-0.2, -0.15) is 0 Å². The highest BCUT2D eigenvalue weighted by Gasteiger charge is 2.34. The first-order valence-corrected chi connectivity index (χ1v) is 8.58. The Hall–Kier alpha value is -3.06. The molecule has 1 atom stereocenters. The fraction of sp³-hybridized carbons (Fsp3) is 0.300. The minimum absolute atomic E-state index is 0.103. The molecule has 0 bridgehead atoms. The van der Waals surface area contributed by atoms with Gasteiger partial charge in [0, 0.05) is 11.1 Å². The SMILES string of the molecule is COc1c2c(cc3c1-c1c(cc4c(c1OC)OCO4)[C@@H](O)/C=C\C3)OCO2. The highest BCUT2D eigenvalue weighted by Crippen LogP contribution is 2.57. The van der Waals surface area contributed by atoms with Crippen molar-refractivity contribution in [3.8, 4) is 45.6 Å². The summed E-state index contributed by atoms with van der Waals surface area (Å²) in [5.41, 5.74) is 3.10. The summed E-state index contributed by atoms with van der Waals surface area (Å²) in [5, 5.41) is 10.8. The van der Waals surface area contributed by atoms with Crippen LogP contribution in [0.15, 0.2) is 24.3 Å². The molecule has 3 aliphatic rings. The molecule has 0 radical (unpaired) electrons. The van der Waals surface area contributed by atoms with E-state index < -0.39 is 6.10 Å². The first-order chi connectivity index (χ1) is 13.2. The van der Waals surface area contributed by atoms with E-state index in [9.17, 15) is 5.11 Å². The number of hydrogen-bond acceptors (Lipinski definition) is 7. The number of aliphatic hydroxyl groups is 1. The van der Waals surface area contributed by atoms with Crippen molar-refractivity contribution >= 4 is 0 Å². The molecule has 2 heterocycles. The third kappa shape index (κ3) is 2.24. The minimum Gasteiger partial charge on any atom is -0.492 e. The van der Waals surface area contributed by atoms with E-state index in [0.717, 1.165) is 11.1 Å². The molecule has 2 aromatic rings. The molecule has 0 amide bonds. The quantitative estimate of drug-likeness (QED) is 0.815. The molecule has 0 spiro atoms. The van der Waals surface area contributed by atoms with E-state index in [1.54, 1.807) is 26.4 Å². The zero-order valence-corrected chi connectivity index (χ0v) is 14.9. The van der Waals surface area contributed by atoms with Gasteiger partial charge >= 0.3 is 0 Å². The molecule has 0 aromatic heterocycles. The molecule has 2 aromatic carbocycles. The van der Waals surface area contributed by atoms with Crippen LogP contribution in [0.1, 0.15) is 17.2 Å². The van der Waals surface area contributed by atoms with E-state index in [1.165, 1.54) is 0 Å². The van der Waals surface area contributed by atoms with Crippen molar-refractivity contribution in [2.45, 2.75) is 12.5 Å². The van der Waals surface area contributed by atoms with Gasteiger partial charge in [0.15, 0.2) is 23.0 Å². The van der Waals surface area contributed by atoms with Crippen LogP contribution in [0.2, 0.25) is 0 Å². The molecular formula is C20H18O7. The number of ether oxygens (including phenoxy) is 6. The van der Waals surface area contributed by atoms with E-state index in [4.69, 9.17) is 28.4 Å². The normalized spacial score (nSPS) is 19.6. The van der Waals surface area contributed by atoms with Crippen LogP contribution >= 0.6 is 0 Å². The summed E-state index contributed by atoms with van der Waals surface area (Å²) in [6.45, 7) is 0.240. The van der Waals surface area contributed by atoms with E-state index in [-0.39, 0.29) is 13.6 Å². The second-order valence-electron chi connectivity index (χ2n) is 6.36. The van der Waals surface area contributed by atoms with Crippen molar-refractivity contribution < 1.29 is 33.5 Å². The molecule has 1 N–H and O–H groups in total. The molecule has 7 heteroatoms. The number of allylic oxidation sites excluding steroid dienone is 1. The highest BCUT2D eigenvalue weighted by atomic mass is 16.7. The second kappa shape index (κ2) is 5.99. The Morgan fingerprint density at radius 1 is 0.889 bits per heavy atom. The van der Waals surface area contributed by atoms with Crippen LogP contribution in [0.5, 0.6) is 34.5 Å². The zero-order chi connectivity index (χ0) is 18.5. The summed E-state index contributed by atoms with van der Waals surface area (Å²) in [5.74, 6) is 3.27. The average Bonchev–Trinajstić information content (AvgIpc) is 3.33. The van der Waals surface area contributed by atoms with Gasteiger partial charge in [0.2, 0.25) is 25.1 Å². The lowest BCUT2D eigenvalue weighted by atomic mass is 9.87. The molecule has 5 rings (SSSR count). The first-order valence-electron chi connectivity index (χ1n) is 8.58. The van der Waals surface area contributed by atoms with Gasteiger partial charge < -0.3 is 33.5 Å². The van der Waals surface area contributed by atoms with Gasteiger partial charge in [-0.1, -0.05) is 12.2 Å². The van der Waals surface area contributed by atoms with Crippen LogP contribution in [0, 0.1) is 0 Å². The summed E-state index contributed by atoms with van der Waals surface area (Å²) < 4.78 is 33.8. The summed E-state index contributed by atoms with van der Waals surface area (Å²) in [7, 11) is 3.15. The first kappa shape index (κ1) is 16.1. The maximum atomic E-state index is 10.8. The van der Waals surface area contributed by atoms with Crippen molar-refractivity contribution in [3.05, 3.63) is 35.4 Å². The number of benzene rings is 2. The van der Waals surface area contributed by atoms with Gasteiger partial charge in [0.25, 0.3) is 0 Å². The number of fused-ring (bicyclic) bond motifs is 5. The van der Waals surface area contributed by atoms with Gasteiger partial charge in [0.1, 0.15) is 0 Å². The number of rotatable bonds is 2. The molecule has 7 nitrogen and oxygen atoms in total. The third-order valence-corrected chi connectivity index (χ3v) is 4.98. The van der Waals surface area contributed by atoms with Crippen LogP contribution in [0.25, 0.3) is 11.1 Å². The smallest absolute Gasteiger partial charge is 0.231 e. The lowest BCUT2D eigenvalue weighted by molar-refractivity contribution is 0.170. The molecule has 0 fully saturated rings. The Balaban J connectivity index is 1.91. The molecule has 0 saturated carbocycles. The molecule has 2 aliphatic heterocycles. The van der Waals surface area contributed by atoms with Crippen molar-refractivity contribution in [1.82, 2.24) is 0 Å². The van der Waals surface area contributed by atoms with Gasteiger partial charge in [-0.05, 0) is 29.7 Å². The minimum atomic E-state index is -0.827. The van der Waals surface area contributed by atoms with E-state index in [0.29, 0.717) is 52.0 Å². The van der Waals surface area contributed by atoms with Crippen molar-refractivity contribution in [2.75, 3.05) is 27.8 Å². The van der Waals surface area contributed by atoms with E-state index in [1.807, 2.05) is 12.1 Å². The Morgan fingerprint density at radius 2 is 1.52 bits per heavy atom. The molecular weight excluding hydrogens is 352 g/mol. The monoisotopic (exact) mass is 370 g/mol. The summed E-state index contributed by atoms with van der Waals surface area (Å²) in [6, 6.07) is 3.73. The van der Waals surface area contributed by atoms with E-state index in [2.05, 4.69) is 0 Å². The van der Waals surface area contributed by atoms with Crippen molar-refractivity contribution in [3.63, 3.8) is 0 Å². The number of hydrogen-bond donors (Lipinski definition) is 1. The molecule has 0 saturated heterocycles. The van der Waals surface area contributed by atoms with Gasteiger partial charge in [-0.3, -0.25) is 0 Å². The van der Waals surface area contributed by atoms with Crippen LogP contribution < -0.4 is 28.4 Å². The Kier molecular flexibility index (Phi) is 3.58. The highest BCUT2D eigenvalue weighted by molar-refractivity contribution is 5.89. The van der Waals surface area contributed by atoms with Crippen LogP contribution in [-0.4, -0.2) is 32.9 Å². The largest absolute Gasteiger partial charge is 0.492 e. The predicted molar refractivity (Wildman–Crippen MR) is 95.0 cm³/mol. The average molecular weight is 370 g/mol. The number of aliphatic hydroxyl groups excluding tert-OH is 1. The topological polar surface area (TPSA) is 75.6 Å². The third-order valence-electron chi connectivity index (χ3n) is 4.98. The lowest BCUT2D eigenvalue weighted by Crippen LogP contribution is -2.06. The Bertz CT molecular complexity index is 964. The number of methoxy groups -OCH3 is 2. The van der Waals surface area contributed by atoms with E-state index >= 15 is 0 Å². The fourth-order valence-electron chi connectivity index (χ4n) is 3.84. The summed E-state index contributed by atoms with van der Waals surface area (Å²) in [6.07, 6.45) is 3.44.